The van der Waals surface area contributed by atoms with Crippen molar-refractivity contribution in [2.45, 2.75) is 233 Å². The molecule has 14 heteroatoms. The standard InChI is InChI=1S/C48H98NO11PSi/c1-8-13-15-17-19-21-23-25-27-29-31-33-35-38-47(50)54-44-46(60-48(51)39-36-34-32-30-28-26-24-22-20-18-16-14-9-2)45-56-61(52,53)55-42-41-49(6,7)40-37-43-62(57-10-3,58-11-4)59-12-5/h46H,8-45H2,1-7H3/p+1/t46-/m1/s1. The van der Waals surface area contributed by atoms with Gasteiger partial charge in [-0.3, -0.25) is 9.59 Å². The van der Waals surface area contributed by atoms with Crippen LogP contribution < -0.4 is 4.89 Å². The first-order chi connectivity index (χ1) is 29.9. The number of hydrogen-bond donors (Lipinski definition) is 1. The summed E-state index contributed by atoms with van der Waals surface area (Å²) in [6, 6.07) is 0.677. The van der Waals surface area contributed by atoms with Crippen LogP contribution in [0.4, 0.5) is 0 Å². The van der Waals surface area contributed by atoms with Gasteiger partial charge in [-0.1, -0.05) is 168 Å². The van der Waals surface area contributed by atoms with E-state index in [4.69, 9.17) is 31.8 Å². The summed E-state index contributed by atoms with van der Waals surface area (Å²) in [5.74, 6) is -0.815. The van der Waals surface area contributed by atoms with Crippen molar-refractivity contribution < 1.29 is 55.7 Å². The minimum atomic E-state index is -4.49. The molecule has 0 rings (SSSR count). The number of esters is 2. The van der Waals surface area contributed by atoms with Crippen molar-refractivity contribution in [3.05, 3.63) is 0 Å². The van der Waals surface area contributed by atoms with E-state index in [1.165, 1.54) is 122 Å². The van der Waals surface area contributed by atoms with Crippen LogP contribution >= 0.6 is 8.17 Å². The Kier molecular flexibility index (Phi) is 41.2. The number of ether oxygens (including phenoxy) is 2. The number of phosphoric ester groups is 1. The average molecular weight is 925 g/mol. The highest BCUT2D eigenvalue weighted by Crippen LogP contribution is 2.47. The monoisotopic (exact) mass is 925 g/mol. The van der Waals surface area contributed by atoms with Crippen LogP contribution in [0.5, 0.6) is 0 Å². The lowest BCUT2D eigenvalue weighted by Crippen LogP contribution is -2.48. The van der Waals surface area contributed by atoms with Gasteiger partial charge in [0.2, 0.25) is 0 Å². The Morgan fingerprint density at radius 1 is 0.532 bits per heavy atom. The Morgan fingerprint density at radius 2 is 0.919 bits per heavy atom. The minimum absolute atomic E-state index is 0.0245. The van der Waals surface area contributed by atoms with Crippen LogP contribution in [0, 0.1) is 0 Å². The zero-order valence-corrected chi connectivity index (χ0v) is 43.3. The lowest BCUT2D eigenvalue weighted by molar-refractivity contribution is -0.890. The number of carbonyl (C=O) groups excluding carboxylic acids is 2. The molecule has 0 saturated heterocycles. The van der Waals surface area contributed by atoms with Crippen molar-refractivity contribution in [2.24, 2.45) is 0 Å². The van der Waals surface area contributed by atoms with E-state index in [-0.39, 0.29) is 32.0 Å². The fourth-order valence-corrected chi connectivity index (χ4v) is 11.0. The van der Waals surface area contributed by atoms with Crippen molar-refractivity contribution in [1.82, 2.24) is 0 Å². The van der Waals surface area contributed by atoms with Crippen molar-refractivity contribution in [3.63, 3.8) is 0 Å². The molecule has 0 fully saturated rings. The molecule has 0 saturated carbocycles. The zero-order chi connectivity index (χ0) is 46.1. The Bertz CT molecular complexity index is 1010. The van der Waals surface area contributed by atoms with Crippen molar-refractivity contribution in [1.29, 1.82) is 0 Å². The number of unbranched alkanes of at least 4 members (excludes halogenated alkanes) is 24. The Balaban J connectivity index is 4.83. The number of nitrogens with zero attached hydrogens (tertiary/aromatic N) is 1. The van der Waals surface area contributed by atoms with Crippen molar-refractivity contribution in [3.8, 4) is 0 Å². The van der Waals surface area contributed by atoms with Gasteiger partial charge in [0.05, 0.1) is 20.6 Å². The number of hydrogen-bond acceptors (Lipinski definition) is 11. The number of phosphoric acid groups is 1. The summed E-state index contributed by atoms with van der Waals surface area (Å²) in [5.41, 5.74) is 0. The fourth-order valence-electron chi connectivity index (χ4n) is 7.65. The van der Waals surface area contributed by atoms with Gasteiger partial charge in [-0.25, -0.2) is 0 Å². The molecule has 2 atom stereocenters. The number of likely N-dealkylation sites (N-methyl/N-ethyl adjacent to an activating group) is 1. The first-order valence-corrected chi connectivity index (χ1v) is 29.0. The molecule has 0 bridgehead atoms. The molecule has 1 N–H and O–H groups in total. The number of carbonyl (C=O) groups is 2. The second-order valence-electron chi connectivity index (χ2n) is 17.8. The molecule has 0 aromatic heterocycles. The summed E-state index contributed by atoms with van der Waals surface area (Å²) in [4.78, 5) is 49.0. The summed E-state index contributed by atoms with van der Waals surface area (Å²) in [6.45, 7) is 12.4. The highest BCUT2D eigenvalue weighted by molar-refractivity contribution is 7.52. The molecule has 0 radical (unpaired) electrons. The smallest absolute Gasteiger partial charge is 0.501 e. The topological polar surface area (TPSA) is 142 Å². The van der Waals surface area contributed by atoms with Crippen LogP contribution in [0.25, 0.3) is 0 Å². The molecule has 0 aliphatic rings. The summed E-state index contributed by atoms with van der Waals surface area (Å²) >= 11 is 0. The van der Waals surface area contributed by atoms with E-state index in [1.807, 2.05) is 34.9 Å². The fraction of sp³-hybridized carbons (Fsp3) is 0.958. The predicted octanol–water partition coefficient (Wildman–Crippen LogP) is 12.0. The van der Waals surface area contributed by atoms with E-state index in [0.29, 0.717) is 43.3 Å². The molecule has 370 valence electrons. The van der Waals surface area contributed by atoms with Crippen LogP contribution in [-0.2, 0) is 41.4 Å². The molecule has 62 heavy (non-hydrogen) atoms. The van der Waals surface area contributed by atoms with Gasteiger partial charge in [0, 0.05) is 45.1 Å². The highest BCUT2D eigenvalue weighted by atomic mass is 31.2. The molecular formula is C48H99NO11PSi+. The van der Waals surface area contributed by atoms with E-state index in [0.717, 1.165) is 51.5 Å². The molecule has 1 unspecified atom stereocenters. The van der Waals surface area contributed by atoms with E-state index >= 15 is 0 Å². The third kappa shape index (κ3) is 38.5. The quantitative estimate of drug-likeness (QED) is 0.0205. The molecule has 0 amide bonds. The number of quaternary nitrogens is 1. The Hall–Kier alpha value is -0.733. The molecule has 0 spiro atoms. The second kappa shape index (κ2) is 41.7. The molecular weight excluding hydrogens is 826 g/mol. The van der Waals surface area contributed by atoms with Gasteiger partial charge in [-0.05, 0) is 33.6 Å². The molecule has 0 aromatic carbocycles. The summed E-state index contributed by atoms with van der Waals surface area (Å²) in [6.07, 6.45) is 31.8. The molecule has 0 heterocycles. The van der Waals surface area contributed by atoms with E-state index in [9.17, 15) is 19.4 Å². The second-order valence-corrected chi connectivity index (χ2v) is 22.0. The zero-order valence-electron chi connectivity index (χ0n) is 41.4. The van der Waals surface area contributed by atoms with Crippen LogP contribution in [0.3, 0.4) is 0 Å². The van der Waals surface area contributed by atoms with Crippen LogP contribution in [0.15, 0.2) is 0 Å². The van der Waals surface area contributed by atoms with Crippen molar-refractivity contribution >= 4 is 28.9 Å². The van der Waals surface area contributed by atoms with Gasteiger partial charge in [-0.15, -0.1) is 0 Å². The van der Waals surface area contributed by atoms with Gasteiger partial charge < -0.3 is 32.1 Å². The van der Waals surface area contributed by atoms with Crippen LogP contribution in [0.2, 0.25) is 6.04 Å². The lowest BCUT2D eigenvalue weighted by Gasteiger charge is -2.32. The Labute approximate surface area is 383 Å². The van der Waals surface area contributed by atoms with Gasteiger partial charge in [0.25, 0.3) is 0 Å². The number of rotatable bonds is 48. The average Bonchev–Trinajstić information content (AvgIpc) is 3.22. The SMILES string of the molecule is CCCCCCCCCCCCCCCC(=O)OC[C@H](CO[P+]([O-])(O)OCC[N+](C)(C)CCC[Si](OCC)(OCC)OCC)OC(=O)CCCCCCCCCCCCCCC. The first-order valence-electron chi connectivity index (χ1n) is 25.6. The maximum Gasteiger partial charge on any atom is 0.501 e. The van der Waals surface area contributed by atoms with Gasteiger partial charge in [0.1, 0.15) is 26.4 Å². The molecule has 0 aromatic rings. The third-order valence-corrected chi connectivity index (χ3v) is 15.5. The van der Waals surface area contributed by atoms with Gasteiger partial charge >= 0.3 is 28.9 Å². The Morgan fingerprint density at radius 3 is 1.32 bits per heavy atom. The lowest BCUT2D eigenvalue weighted by atomic mass is 10.0. The minimum Gasteiger partial charge on any atom is -0.606 e. The van der Waals surface area contributed by atoms with Gasteiger partial charge in [0.15, 0.2) is 6.10 Å². The first kappa shape index (κ1) is 61.3. The maximum absolute atomic E-state index is 13.0. The van der Waals surface area contributed by atoms with Gasteiger partial charge in [-0.2, -0.15) is 13.9 Å². The van der Waals surface area contributed by atoms with Crippen LogP contribution in [0.1, 0.15) is 221 Å². The van der Waals surface area contributed by atoms with Crippen molar-refractivity contribution in [2.75, 3.05) is 66.8 Å². The summed E-state index contributed by atoms with van der Waals surface area (Å²) in [5, 5.41) is 0. The molecule has 0 aliphatic heterocycles. The molecule has 12 nitrogen and oxygen atoms in total. The maximum atomic E-state index is 13.0. The van der Waals surface area contributed by atoms with E-state index in [2.05, 4.69) is 13.8 Å². The van der Waals surface area contributed by atoms with E-state index in [1.54, 1.807) is 0 Å². The summed E-state index contributed by atoms with van der Waals surface area (Å²) < 4.78 is 40.3. The predicted molar refractivity (Wildman–Crippen MR) is 254 cm³/mol. The van der Waals surface area contributed by atoms with Crippen LogP contribution in [-0.4, -0.2) is 103 Å². The highest BCUT2D eigenvalue weighted by Gasteiger charge is 2.40. The normalized spacial score (nSPS) is 13.6. The molecule has 0 aliphatic carbocycles. The third-order valence-electron chi connectivity index (χ3n) is 11.4. The van der Waals surface area contributed by atoms with E-state index < -0.39 is 35.7 Å². The largest absolute Gasteiger partial charge is 0.606 e. The summed E-state index contributed by atoms with van der Waals surface area (Å²) in [7, 11) is -3.20.